The lowest BCUT2D eigenvalue weighted by atomic mass is 10.0. The minimum absolute atomic E-state index is 0.0879. The van der Waals surface area contributed by atoms with Crippen LogP contribution in [-0.4, -0.2) is 11.8 Å². The Morgan fingerprint density at radius 2 is 2.29 bits per heavy atom. The number of nitrogens with two attached hydrogens (primary N) is 1. The average molecular weight is 212 g/mol. The quantitative estimate of drug-likeness (QED) is 0.830. The minimum atomic E-state index is -0.366. The molecule has 1 rings (SSSR count). The van der Waals surface area contributed by atoms with E-state index in [1.54, 1.807) is 6.92 Å². The second-order valence-electron chi connectivity index (χ2n) is 3.38. The molecule has 1 aromatic carbocycles. The predicted octanol–water partition coefficient (Wildman–Crippen LogP) is 2.19. The molecule has 2 nitrogen and oxygen atoms in total. The van der Waals surface area contributed by atoms with Gasteiger partial charge in [-0.3, -0.25) is 4.79 Å². The molecular formula is C11H14ClNO. The Morgan fingerprint density at radius 3 is 2.86 bits per heavy atom. The molecule has 0 radical (unpaired) electrons. The van der Waals surface area contributed by atoms with Gasteiger partial charge >= 0.3 is 0 Å². The smallest absolute Gasteiger partial charge is 0.149 e. The van der Waals surface area contributed by atoms with Crippen LogP contribution in [0.5, 0.6) is 0 Å². The molecule has 0 aliphatic rings. The third-order valence-corrected chi connectivity index (χ3v) is 2.29. The van der Waals surface area contributed by atoms with E-state index < -0.39 is 0 Å². The number of halogens is 1. The van der Waals surface area contributed by atoms with Crippen molar-refractivity contribution in [1.29, 1.82) is 0 Å². The van der Waals surface area contributed by atoms with Crippen molar-refractivity contribution in [3.8, 4) is 0 Å². The van der Waals surface area contributed by atoms with Crippen LogP contribution in [-0.2, 0) is 11.2 Å². The number of ketones is 1. The van der Waals surface area contributed by atoms with Crippen molar-refractivity contribution in [3.05, 3.63) is 34.9 Å². The molecule has 2 N–H and O–H groups in total. The van der Waals surface area contributed by atoms with Gasteiger partial charge in [-0.05, 0) is 31.0 Å². The third kappa shape index (κ3) is 3.48. The summed E-state index contributed by atoms with van der Waals surface area (Å²) in [4.78, 5) is 11.2. The van der Waals surface area contributed by atoms with Crippen LogP contribution in [0.3, 0.4) is 0 Å². The van der Waals surface area contributed by atoms with Gasteiger partial charge in [0, 0.05) is 11.4 Å². The first-order valence-corrected chi connectivity index (χ1v) is 5.00. The predicted molar refractivity (Wildman–Crippen MR) is 58.4 cm³/mol. The van der Waals surface area contributed by atoms with Crippen molar-refractivity contribution in [1.82, 2.24) is 0 Å². The minimum Gasteiger partial charge on any atom is -0.322 e. The van der Waals surface area contributed by atoms with Gasteiger partial charge in [-0.2, -0.15) is 0 Å². The zero-order chi connectivity index (χ0) is 10.6. The summed E-state index contributed by atoms with van der Waals surface area (Å²) in [7, 11) is 0. The second-order valence-corrected chi connectivity index (χ2v) is 3.82. The zero-order valence-electron chi connectivity index (χ0n) is 8.16. The van der Waals surface area contributed by atoms with Gasteiger partial charge in [-0.15, -0.1) is 0 Å². The lowest BCUT2D eigenvalue weighted by molar-refractivity contribution is -0.119. The first-order valence-electron chi connectivity index (χ1n) is 4.62. The Bertz CT molecular complexity index is 323. The van der Waals surface area contributed by atoms with Crippen LogP contribution in [0, 0.1) is 0 Å². The zero-order valence-corrected chi connectivity index (χ0v) is 8.92. The Kier molecular flexibility index (Phi) is 4.11. The number of hydrogen-bond donors (Lipinski definition) is 1. The van der Waals surface area contributed by atoms with E-state index in [9.17, 15) is 4.79 Å². The van der Waals surface area contributed by atoms with Gasteiger partial charge < -0.3 is 5.73 Å². The van der Waals surface area contributed by atoms with Crippen LogP contribution in [0.25, 0.3) is 0 Å². The van der Waals surface area contributed by atoms with Crippen molar-refractivity contribution in [2.24, 2.45) is 5.73 Å². The summed E-state index contributed by atoms with van der Waals surface area (Å²) in [5.74, 6) is 0.0879. The summed E-state index contributed by atoms with van der Waals surface area (Å²) in [5.41, 5.74) is 6.53. The normalized spacial score (nSPS) is 12.5. The van der Waals surface area contributed by atoms with E-state index in [1.807, 2.05) is 24.3 Å². The second kappa shape index (κ2) is 5.13. The van der Waals surface area contributed by atoms with Crippen molar-refractivity contribution >= 4 is 17.4 Å². The number of rotatable bonds is 4. The first kappa shape index (κ1) is 11.2. The highest BCUT2D eigenvalue weighted by molar-refractivity contribution is 6.30. The lowest BCUT2D eigenvalue weighted by Crippen LogP contribution is -2.26. The largest absolute Gasteiger partial charge is 0.322 e. The van der Waals surface area contributed by atoms with Crippen LogP contribution < -0.4 is 5.73 Å². The van der Waals surface area contributed by atoms with Crippen LogP contribution >= 0.6 is 11.6 Å². The maximum Gasteiger partial charge on any atom is 0.149 e. The van der Waals surface area contributed by atoms with Crippen LogP contribution in [0.1, 0.15) is 18.9 Å². The summed E-state index contributed by atoms with van der Waals surface area (Å²) < 4.78 is 0. The van der Waals surface area contributed by atoms with Crippen LogP contribution in [0.15, 0.2) is 24.3 Å². The van der Waals surface area contributed by atoms with E-state index in [2.05, 4.69) is 0 Å². The van der Waals surface area contributed by atoms with Crippen LogP contribution in [0.2, 0.25) is 5.02 Å². The molecule has 1 atom stereocenters. The number of benzene rings is 1. The van der Waals surface area contributed by atoms with Crippen molar-refractivity contribution in [2.75, 3.05) is 0 Å². The number of hydrogen-bond acceptors (Lipinski definition) is 2. The Morgan fingerprint density at radius 1 is 1.57 bits per heavy atom. The molecule has 0 aliphatic heterocycles. The molecule has 0 aromatic heterocycles. The van der Waals surface area contributed by atoms with E-state index >= 15 is 0 Å². The molecule has 76 valence electrons. The van der Waals surface area contributed by atoms with E-state index in [0.717, 1.165) is 5.56 Å². The molecule has 0 aliphatic carbocycles. The first-order chi connectivity index (χ1) is 6.59. The lowest BCUT2D eigenvalue weighted by Gasteiger charge is -2.04. The summed E-state index contributed by atoms with van der Waals surface area (Å²) in [6.45, 7) is 1.71. The number of aryl methyl sites for hydroxylation is 1. The molecule has 0 bridgehead atoms. The monoisotopic (exact) mass is 211 g/mol. The standard InChI is InChI=1S/C11H14ClNO/c1-8(13)11(14)6-5-9-3-2-4-10(12)7-9/h2-4,7-8H,5-6,13H2,1H3. The Labute approximate surface area is 89.1 Å². The molecular weight excluding hydrogens is 198 g/mol. The molecule has 1 aromatic rings. The molecule has 0 fully saturated rings. The molecule has 0 saturated carbocycles. The molecule has 0 spiro atoms. The molecule has 3 heteroatoms. The van der Waals surface area contributed by atoms with E-state index in [1.165, 1.54) is 0 Å². The van der Waals surface area contributed by atoms with E-state index in [4.69, 9.17) is 17.3 Å². The fourth-order valence-electron chi connectivity index (χ4n) is 1.19. The highest BCUT2D eigenvalue weighted by atomic mass is 35.5. The van der Waals surface area contributed by atoms with Crippen LogP contribution in [0.4, 0.5) is 0 Å². The summed E-state index contributed by atoms with van der Waals surface area (Å²) in [6.07, 6.45) is 1.19. The fraction of sp³-hybridized carbons (Fsp3) is 0.364. The van der Waals surface area contributed by atoms with Gasteiger partial charge in [0.15, 0.2) is 0 Å². The summed E-state index contributed by atoms with van der Waals surface area (Å²) >= 11 is 5.81. The fourth-order valence-corrected chi connectivity index (χ4v) is 1.40. The SMILES string of the molecule is CC(N)C(=O)CCc1cccc(Cl)c1. The molecule has 0 heterocycles. The summed E-state index contributed by atoms with van der Waals surface area (Å²) in [6, 6.07) is 7.16. The highest BCUT2D eigenvalue weighted by Crippen LogP contribution is 2.12. The van der Waals surface area contributed by atoms with Gasteiger partial charge in [0.05, 0.1) is 6.04 Å². The molecule has 0 saturated heterocycles. The van der Waals surface area contributed by atoms with Gasteiger partial charge in [-0.1, -0.05) is 23.7 Å². The van der Waals surface area contributed by atoms with Crippen molar-refractivity contribution in [3.63, 3.8) is 0 Å². The highest BCUT2D eigenvalue weighted by Gasteiger charge is 2.07. The van der Waals surface area contributed by atoms with Crippen molar-refractivity contribution < 1.29 is 4.79 Å². The summed E-state index contributed by atoms with van der Waals surface area (Å²) in [5, 5.41) is 0.704. The van der Waals surface area contributed by atoms with E-state index in [0.29, 0.717) is 17.9 Å². The van der Waals surface area contributed by atoms with Gasteiger partial charge in [0.1, 0.15) is 5.78 Å². The Balaban J connectivity index is 2.50. The number of Topliss-reactive ketones (excluding diaryl/α,β-unsaturated/α-hetero) is 1. The van der Waals surface area contributed by atoms with E-state index in [-0.39, 0.29) is 11.8 Å². The van der Waals surface area contributed by atoms with Gasteiger partial charge in [0.2, 0.25) is 0 Å². The third-order valence-electron chi connectivity index (χ3n) is 2.06. The molecule has 0 amide bonds. The number of carbonyl (C=O) groups is 1. The number of carbonyl (C=O) groups excluding carboxylic acids is 1. The van der Waals surface area contributed by atoms with Gasteiger partial charge in [-0.25, -0.2) is 0 Å². The van der Waals surface area contributed by atoms with Crippen molar-refractivity contribution in [2.45, 2.75) is 25.8 Å². The molecule has 1 unspecified atom stereocenters. The maximum atomic E-state index is 11.2. The maximum absolute atomic E-state index is 11.2. The van der Waals surface area contributed by atoms with Gasteiger partial charge in [0.25, 0.3) is 0 Å². The Hall–Kier alpha value is -0.860. The average Bonchev–Trinajstić information content (AvgIpc) is 2.14. The molecule has 14 heavy (non-hydrogen) atoms. The topological polar surface area (TPSA) is 43.1 Å².